The summed E-state index contributed by atoms with van der Waals surface area (Å²) in [6.07, 6.45) is 0. The van der Waals surface area contributed by atoms with Gasteiger partial charge >= 0.3 is 0 Å². The van der Waals surface area contributed by atoms with Crippen LogP contribution in [0.4, 0.5) is 17.1 Å². The second-order valence-corrected chi connectivity index (χ2v) is 7.29. The van der Waals surface area contributed by atoms with E-state index >= 15 is 0 Å². The summed E-state index contributed by atoms with van der Waals surface area (Å²) >= 11 is 0. The Hall–Kier alpha value is -2.93. The molecule has 7 heteroatoms. The van der Waals surface area contributed by atoms with E-state index in [-0.39, 0.29) is 18.1 Å². The molecule has 28 heavy (non-hydrogen) atoms. The number of hydrogen-bond acceptors (Lipinski definition) is 5. The number of nitrogens with zero attached hydrogens (tertiary/aromatic N) is 3. The van der Waals surface area contributed by atoms with Crippen molar-refractivity contribution in [1.29, 1.82) is 0 Å². The second kappa shape index (κ2) is 8.39. The van der Waals surface area contributed by atoms with Crippen molar-refractivity contribution < 1.29 is 9.72 Å². The molecule has 1 aliphatic heterocycles. The number of amides is 1. The van der Waals surface area contributed by atoms with Crippen molar-refractivity contribution in [3.8, 4) is 0 Å². The summed E-state index contributed by atoms with van der Waals surface area (Å²) in [7, 11) is 0. The number of non-ortho nitro benzene ring substituents is 1. The minimum atomic E-state index is -0.457. The number of piperazine rings is 1. The molecular formula is C21H26N4O3. The van der Waals surface area contributed by atoms with E-state index in [0.29, 0.717) is 5.69 Å². The minimum absolute atomic E-state index is 0.0250. The Bertz CT molecular complexity index is 889. The maximum atomic E-state index is 12.4. The molecule has 0 aromatic heterocycles. The van der Waals surface area contributed by atoms with Crippen LogP contribution in [0.5, 0.6) is 0 Å². The number of aryl methyl sites for hydroxylation is 2. The molecule has 148 valence electrons. The van der Waals surface area contributed by atoms with Crippen molar-refractivity contribution in [3.05, 3.63) is 63.2 Å². The summed E-state index contributed by atoms with van der Waals surface area (Å²) in [5.74, 6) is -0.149. The fourth-order valence-corrected chi connectivity index (χ4v) is 3.48. The van der Waals surface area contributed by atoms with Gasteiger partial charge in [-0.25, -0.2) is 0 Å². The molecule has 0 spiro atoms. The highest BCUT2D eigenvalue weighted by atomic mass is 16.6. The summed E-state index contributed by atoms with van der Waals surface area (Å²) < 4.78 is 0. The number of nitro groups is 1. The van der Waals surface area contributed by atoms with E-state index in [1.165, 1.54) is 28.9 Å². The number of hydrogen-bond donors (Lipinski definition) is 1. The van der Waals surface area contributed by atoms with Crippen LogP contribution in [0.25, 0.3) is 0 Å². The SMILES string of the molecule is Cc1ccc([N+](=O)[O-])cc1NC(=O)CN1CCN(c2cccc(C)c2C)CC1. The number of carbonyl (C=O) groups excluding carboxylic acids is 1. The molecule has 0 radical (unpaired) electrons. The first-order valence-electron chi connectivity index (χ1n) is 9.43. The lowest BCUT2D eigenvalue weighted by Crippen LogP contribution is -2.48. The van der Waals surface area contributed by atoms with Crippen molar-refractivity contribution in [2.45, 2.75) is 20.8 Å². The van der Waals surface area contributed by atoms with Gasteiger partial charge in [-0.1, -0.05) is 18.2 Å². The Morgan fingerprint density at radius 2 is 1.79 bits per heavy atom. The first kappa shape index (κ1) is 19.8. The Labute approximate surface area is 165 Å². The van der Waals surface area contributed by atoms with E-state index < -0.39 is 4.92 Å². The molecule has 0 saturated carbocycles. The molecule has 1 saturated heterocycles. The third-order valence-corrected chi connectivity index (χ3v) is 5.36. The lowest BCUT2D eigenvalue weighted by Gasteiger charge is -2.36. The summed E-state index contributed by atoms with van der Waals surface area (Å²) in [6, 6.07) is 10.9. The van der Waals surface area contributed by atoms with E-state index in [0.717, 1.165) is 31.7 Å². The third kappa shape index (κ3) is 4.48. The average Bonchev–Trinajstić information content (AvgIpc) is 2.66. The number of anilines is 2. The number of benzene rings is 2. The van der Waals surface area contributed by atoms with Gasteiger partial charge in [0.2, 0.25) is 5.91 Å². The van der Waals surface area contributed by atoms with E-state index in [2.05, 4.69) is 47.2 Å². The lowest BCUT2D eigenvalue weighted by atomic mass is 10.1. The first-order valence-corrected chi connectivity index (χ1v) is 9.43. The Kier molecular flexibility index (Phi) is 5.94. The Balaban J connectivity index is 1.56. The molecule has 1 amide bonds. The predicted molar refractivity (Wildman–Crippen MR) is 111 cm³/mol. The van der Waals surface area contributed by atoms with Crippen molar-refractivity contribution >= 4 is 23.0 Å². The molecule has 0 bridgehead atoms. The quantitative estimate of drug-likeness (QED) is 0.634. The molecule has 3 rings (SSSR count). The van der Waals surface area contributed by atoms with Crippen LogP contribution in [0.15, 0.2) is 36.4 Å². The molecule has 2 aromatic rings. The number of carbonyl (C=O) groups is 1. The fraction of sp³-hybridized carbons (Fsp3) is 0.381. The van der Waals surface area contributed by atoms with Crippen LogP contribution in [0.3, 0.4) is 0 Å². The van der Waals surface area contributed by atoms with E-state index in [1.54, 1.807) is 6.07 Å². The smallest absolute Gasteiger partial charge is 0.271 e. The standard InChI is InChI=1S/C21H26N4O3/c1-15-5-4-6-20(17(15)3)24-11-9-23(10-12-24)14-21(26)22-19-13-18(25(27)28)8-7-16(19)2/h4-8,13H,9-12,14H2,1-3H3,(H,22,26). The van der Waals surface area contributed by atoms with Crippen LogP contribution in [0.2, 0.25) is 0 Å². The van der Waals surface area contributed by atoms with Gasteiger partial charge < -0.3 is 10.2 Å². The second-order valence-electron chi connectivity index (χ2n) is 7.29. The molecule has 2 aromatic carbocycles. The summed E-state index contributed by atoms with van der Waals surface area (Å²) in [4.78, 5) is 27.4. The van der Waals surface area contributed by atoms with Crippen LogP contribution in [0.1, 0.15) is 16.7 Å². The van der Waals surface area contributed by atoms with Gasteiger partial charge in [-0.05, 0) is 43.5 Å². The summed E-state index contributed by atoms with van der Waals surface area (Å²) in [5.41, 5.74) is 5.12. The molecule has 7 nitrogen and oxygen atoms in total. The predicted octanol–water partition coefficient (Wildman–Crippen LogP) is 3.28. The first-order chi connectivity index (χ1) is 13.3. The van der Waals surface area contributed by atoms with Crippen LogP contribution < -0.4 is 10.2 Å². The topological polar surface area (TPSA) is 78.7 Å². The normalized spacial score (nSPS) is 14.8. The zero-order chi connectivity index (χ0) is 20.3. The van der Waals surface area contributed by atoms with Crippen molar-refractivity contribution in [3.63, 3.8) is 0 Å². The van der Waals surface area contributed by atoms with Gasteiger partial charge in [0.1, 0.15) is 0 Å². The lowest BCUT2D eigenvalue weighted by molar-refractivity contribution is -0.384. The van der Waals surface area contributed by atoms with Crippen LogP contribution >= 0.6 is 0 Å². The minimum Gasteiger partial charge on any atom is -0.369 e. The molecular weight excluding hydrogens is 356 g/mol. The van der Waals surface area contributed by atoms with Gasteiger partial charge in [0, 0.05) is 44.0 Å². The van der Waals surface area contributed by atoms with Crippen molar-refractivity contribution in [2.24, 2.45) is 0 Å². The van der Waals surface area contributed by atoms with Gasteiger partial charge in [0.25, 0.3) is 5.69 Å². The molecule has 1 N–H and O–H groups in total. The number of rotatable bonds is 5. The zero-order valence-electron chi connectivity index (χ0n) is 16.6. The van der Waals surface area contributed by atoms with E-state index in [9.17, 15) is 14.9 Å². The van der Waals surface area contributed by atoms with Gasteiger partial charge in [0.15, 0.2) is 0 Å². The van der Waals surface area contributed by atoms with Crippen LogP contribution in [-0.4, -0.2) is 48.5 Å². The third-order valence-electron chi connectivity index (χ3n) is 5.36. The van der Waals surface area contributed by atoms with Gasteiger partial charge in [-0.2, -0.15) is 0 Å². The maximum Gasteiger partial charge on any atom is 0.271 e. The molecule has 0 aliphatic carbocycles. The maximum absolute atomic E-state index is 12.4. The highest BCUT2D eigenvalue weighted by molar-refractivity contribution is 5.93. The Morgan fingerprint density at radius 1 is 1.07 bits per heavy atom. The van der Waals surface area contributed by atoms with Crippen molar-refractivity contribution in [1.82, 2.24) is 4.90 Å². The van der Waals surface area contributed by atoms with Gasteiger partial charge in [-0.15, -0.1) is 0 Å². The molecule has 0 unspecified atom stereocenters. The van der Waals surface area contributed by atoms with Crippen LogP contribution in [-0.2, 0) is 4.79 Å². The number of nitro benzene ring substituents is 1. The van der Waals surface area contributed by atoms with Gasteiger partial charge in [-0.3, -0.25) is 19.8 Å². The molecule has 0 atom stereocenters. The Morgan fingerprint density at radius 3 is 2.46 bits per heavy atom. The molecule has 1 heterocycles. The zero-order valence-corrected chi connectivity index (χ0v) is 16.6. The number of nitrogens with one attached hydrogen (secondary N) is 1. The fourth-order valence-electron chi connectivity index (χ4n) is 3.48. The average molecular weight is 382 g/mol. The van der Waals surface area contributed by atoms with Crippen molar-refractivity contribution in [2.75, 3.05) is 42.9 Å². The molecule has 1 aliphatic rings. The highest BCUT2D eigenvalue weighted by Gasteiger charge is 2.21. The van der Waals surface area contributed by atoms with E-state index in [1.807, 2.05) is 6.92 Å². The van der Waals surface area contributed by atoms with Gasteiger partial charge in [0.05, 0.1) is 17.2 Å². The largest absolute Gasteiger partial charge is 0.369 e. The van der Waals surface area contributed by atoms with E-state index in [4.69, 9.17) is 0 Å². The van der Waals surface area contributed by atoms with Crippen LogP contribution in [0, 0.1) is 30.9 Å². The summed E-state index contributed by atoms with van der Waals surface area (Å²) in [6.45, 7) is 9.70. The highest BCUT2D eigenvalue weighted by Crippen LogP contribution is 2.24. The molecule has 1 fully saturated rings. The summed E-state index contributed by atoms with van der Waals surface area (Å²) in [5, 5.41) is 13.8. The monoisotopic (exact) mass is 382 g/mol.